The summed E-state index contributed by atoms with van der Waals surface area (Å²) in [4.78, 5) is 11.3. The molecule has 0 bridgehead atoms. The lowest BCUT2D eigenvalue weighted by molar-refractivity contribution is -0.146. The number of carbonyl (C=O) groups is 1. The first kappa shape index (κ1) is 12.0. The van der Waals surface area contributed by atoms with Crippen LogP contribution in [0.15, 0.2) is 24.3 Å². The molecule has 1 saturated heterocycles. The first-order valence-corrected chi connectivity index (χ1v) is 5.78. The van der Waals surface area contributed by atoms with Crippen molar-refractivity contribution in [3.05, 3.63) is 35.6 Å². The number of rotatable bonds is 2. The molecule has 0 aliphatic carbocycles. The number of halogens is 1. The summed E-state index contributed by atoms with van der Waals surface area (Å²) in [5, 5.41) is 3.20. The Balaban J connectivity index is 2.00. The molecule has 2 rings (SSSR count). The van der Waals surface area contributed by atoms with Gasteiger partial charge < -0.3 is 10.1 Å². The zero-order valence-corrected chi connectivity index (χ0v) is 9.78. The monoisotopic (exact) mass is 237 g/mol. The van der Waals surface area contributed by atoms with Crippen LogP contribution in [-0.4, -0.2) is 19.6 Å². The number of piperidine rings is 1. The fourth-order valence-electron chi connectivity index (χ4n) is 2.25. The van der Waals surface area contributed by atoms with Crippen molar-refractivity contribution in [1.29, 1.82) is 0 Å². The van der Waals surface area contributed by atoms with E-state index >= 15 is 0 Å². The van der Waals surface area contributed by atoms with Crippen LogP contribution in [0.25, 0.3) is 0 Å². The highest BCUT2D eigenvalue weighted by atomic mass is 19.1. The van der Waals surface area contributed by atoms with E-state index in [0.717, 1.165) is 12.8 Å². The maximum atomic E-state index is 13.6. The highest BCUT2D eigenvalue weighted by Crippen LogP contribution is 2.27. The van der Waals surface area contributed by atoms with Crippen LogP contribution < -0.4 is 5.32 Å². The lowest BCUT2D eigenvalue weighted by Gasteiger charge is -2.28. The van der Waals surface area contributed by atoms with E-state index < -0.39 is 0 Å². The van der Waals surface area contributed by atoms with E-state index in [1.807, 2.05) is 6.07 Å². The molecular weight excluding hydrogens is 221 g/mol. The maximum Gasteiger partial charge on any atom is 0.309 e. The van der Waals surface area contributed by atoms with Crippen molar-refractivity contribution in [1.82, 2.24) is 5.32 Å². The van der Waals surface area contributed by atoms with Gasteiger partial charge in [-0.05, 0) is 18.9 Å². The van der Waals surface area contributed by atoms with Gasteiger partial charge in [0.25, 0.3) is 0 Å². The number of nitrogens with one attached hydrogen (secondary N) is 1. The van der Waals surface area contributed by atoms with Gasteiger partial charge >= 0.3 is 5.97 Å². The Labute approximate surface area is 100.0 Å². The zero-order chi connectivity index (χ0) is 12.3. The van der Waals surface area contributed by atoms with Crippen molar-refractivity contribution in [2.45, 2.75) is 18.9 Å². The number of methoxy groups -OCH3 is 1. The van der Waals surface area contributed by atoms with Gasteiger partial charge in [0.1, 0.15) is 5.82 Å². The second-order valence-corrected chi connectivity index (χ2v) is 4.28. The molecule has 0 amide bonds. The van der Waals surface area contributed by atoms with E-state index in [-0.39, 0.29) is 23.7 Å². The van der Waals surface area contributed by atoms with Gasteiger partial charge in [0.2, 0.25) is 0 Å². The molecule has 1 aliphatic heterocycles. The number of benzene rings is 1. The quantitative estimate of drug-likeness (QED) is 0.800. The third-order valence-corrected chi connectivity index (χ3v) is 3.23. The summed E-state index contributed by atoms with van der Waals surface area (Å²) < 4.78 is 18.3. The Morgan fingerprint density at radius 2 is 2.18 bits per heavy atom. The molecule has 3 nitrogen and oxygen atoms in total. The molecule has 1 fully saturated rings. The predicted octanol–water partition coefficient (Wildman–Crippen LogP) is 2.04. The number of esters is 1. The van der Waals surface area contributed by atoms with Crippen LogP contribution >= 0.6 is 0 Å². The fourth-order valence-corrected chi connectivity index (χ4v) is 2.25. The SMILES string of the molecule is COC(=O)C1CCC(c2ccccc2F)NC1. The summed E-state index contributed by atoms with van der Waals surface area (Å²) in [6, 6.07) is 6.75. The lowest BCUT2D eigenvalue weighted by atomic mass is 9.91. The van der Waals surface area contributed by atoms with E-state index in [0.29, 0.717) is 12.1 Å². The zero-order valence-electron chi connectivity index (χ0n) is 9.78. The third kappa shape index (κ3) is 2.64. The van der Waals surface area contributed by atoms with Gasteiger partial charge in [-0.2, -0.15) is 0 Å². The summed E-state index contributed by atoms with van der Waals surface area (Å²) in [6.45, 7) is 0.547. The van der Waals surface area contributed by atoms with Gasteiger partial charge in [0, 0.05) is 18.2 Å². The molecule has 2 unspecified atom stereocenters. The van der Waals surface area contributed by atoms with E-state index in [1.54, 1.807) is 12.1 Å². The first-order chi connectivity index (χ1) is 8.22. The molecule has 17 heavy (non-hydrogen) atoms. The Bertz CT molecular complexity index is 400. The van der Waals surface area contributed by atoms with Gasteiger partial charge in [0.05, 0.1) is 13.0 Å². The van der Waals surface area contributed by atoms with Crippen molar-refractivity contribution in [2.75, 3.05) is 13.7 Å². The number of ether oxygens (including phenoxy) is 1. The second-order valence-electron chi connectivity index (χ2n) is 4.28. The van der Waals surface area contributed by atoms with Gasteiger partial charge in [-0.15, -0.1) is 0 Å². The molecule has 1 heterocycles. The van der Waals surface area contributed by atoms with E-state index in [9.17, 15) is 9.18 Å². The normalized spacial score (nSPS) is 24.4. The molecule has 1 N–H and O–H groups in total. The molecular formula is C13H16FNO2. The van der Waals surface area contributed by atoms with E-state index in [1.165, 1.54) is 13.2 Å². The smallest absolute Gasteiger partial charge is 0.309 e. The van der Waals surface area contributed by atoms with Crippen molar-refractivity contribution in [3.63, 3.8) is 0 Å². The van der Waals surface area contributed by atoms with E-state index in [4.69, 9.17) is 4.74 Å². The number of hydrogen-bond donors (Lipinski definition) is 1. The van der Waals surface area contributed by atoms with Gasteiger partial charge in [0.15, 0.2) is 0 Å². The largest absolute Gasteiger partial charge is 0.469 e. The number of hydrogen-bond acceptors (Lipinski definition) is 3. The standard InChI is InChI=1S/C13H16FNO2/c1-17-13(16)9-6-7-12(15-8-9)10-4-2-3-5-11(10)14/h2-5,9,12,15H,6-8H2,1H3. The highest BCUT2D eigenvalue weighted by molar-refractivity contribution is 5.72. The molecule has 1 aromatic carbocycles. The summed E-state index contributed by atoms with van der Waals surface area (Å²) in [7, 11) is 1.39. The molecule has 0 saturated carbocycles. The Hall–Kier alpha value is -1.42. The first-order valence-electron chi connectivity index (χ1n) is 5.78. The Morgan fingerprint density at radius 3 is 2.76 bits per heavy atom. The van der Waals surface area contributed by atoms with Crippen LogP contribution in [0.1, 0.15) is 24.4 Å². The summed E-state index contributed by atoms with van der Waals surface area (Å²) >= 11 is 0. The van der Waals surface area contributed by atoms with Crippen LogP contribution in [0, 0.1) is 11.7 Å². The highest BCUT2D eigenvalue weighted by Gasteiger charge is 2.28. The summed E-state index contributed by atoms with van der Waals surface area (Å²) in [5.41, 5.74) is 0.677. The fraction of sp³-hybridized carbons (Fsp3) is 0.462. The number of carbonyl (C=O) groups excluding carboxylic acids is 1. The van der Waals surface area contributed by atoms with Gasteiger partial charge in [-0.25, -0.2) is 4.39 Å². The summed E-state index contributed by atoms with van der Waals surface area (Å²) in [6.07, 6.45) is 1.49. The second kappa shape index (κ2) is 5.27. The van der Waals surface area contributed by atoms with Crippen LogP contribution in [0.4, 0.5) is 4.39 Å². The molecule has 1 aliphatic rings. The third-order valence-electron chi connectivity index (χ3n) is 3.23. The molecule has 0 radical (unpaired) electrons. The Kier molecular flexibility index (Phi) is 3.74. The van der Waals surface area contributed by atoms with Crippen LogP contribution in [0.5, 0.6) is 0 Å². The summed E-state index contributed by atoms with van der Waals surface area (Å²) in [5.74, 6) is -0.492. The predicted molar refractivity (Wildman–Crippen MR) is 61.9 cm³/mol. The maximum absolute atomic E-state index is 13.6. The average molecular weight is 237 g/mol. The Morgan fingerprint density at radius 1 is 1.41 bits per heavy atom. The van der Waals surface area contributed by atoms with Crippen molar-refractivity contribution in [2.24, 2.45) is 5.92 Å². The molecule has 2 atom stereocenters. The average Bonchev–Trinajstić information content (AvgIpc) is 2.39. The minimum atomic E-state index is -0.193. The molecule has 0 spiro atoms. The molecule has 4 heteroatoms. The van der Waals surface area contributed by atoms with Crippen LogP contribution in [0.2, 0.25) is 0 Å². The molecule has 1 aromatic rings. The van der Waals surface area contributed by atoms with E-state index in [2.05, 4.69) is 5.32 Å². The van der Waals surface area contributed by atoms with Crippen molar-refractivity contribution in [3.8, 4) is 0 Å². The van der Waals surface area contributed by atoms with Crippen LogP contribution in [0.3, 0.4) is 0 Å². The van der Waals surface area contributed by atoms with Gasteiger partial charge in [-0.1, -0.05) is 18.2 Å². The molecule has 0 aromatic heterocycles. The topological polar surface area (TPSA) is 38.3 Å². The molecule has 92 valence electrons. The minimum absolute atomic E-state index is 0.00268. The van der Waals surface area contributed by atoms with Crippen molar-refractivity contribution >= 4 is 5.97 Å². The van der Waals surface area contributed by atoms with Gasteiger partial charge in [-0.3, -0.25) is 4.79 Å². The lowest BCUT2D eigenvalue weighted by Crippen LogP contribution is -2.37. The van der Waals surface area contributed by atoms with Crippen LogP contribution in [-0.2, 0) is 9.53 Å². The minimum Gasteiger partial charge on any atom is -0.469 e. The van der Waals surface area contributed by atoms with Crippen molar-refractivity contribution < 1.29 is 13.9 Å².